The molecule has 1 aliphatic rings. The van der Waals surface area contributed by atoms with Crippen LogP contribution in [0.5, 0.6) is 0 Å². The Bertz CT molecular complexity index is 857. The summed E-state index contributed by atoms with van der Waals surface area (Å²) in [5.74, 6) is -0.756. The van der Waals surface area contributed by atoms with Crippen molar-refractivity contribution in [2.45, 2.75) is 13.3 Å². The molecule has 1 heterocycles. The van der Waals surface area contributed by atoms with Crippen LogP contribution in [0.15, 0.2) is 40.9 Å². The third-order valence-electron chi connectivity index (χ3n) is 4.24. The van der Waals surface area contributed by atoms with E-state index in [0.29, 0.717) is 28.0 Å². The highest BCUT2D eigenvalue weighted by Crippen LogP contribution is 2.33. The van der Waals surface area contributed by atoms with Gasteiger partial charge in [-0.3, -0.25) is 9.59 Å². The molecule has 1 fully saturated rings. The van der Waals surface area contributed by atoms with Crippen molar-refractivity contribution in [3.63, 3.8) is 0 Å². The lowest BCUT2D eigenvalue weighted by molar-refractivity contribution is -0.122. The number of benzene rings is 2. The molecule has 2 amide bonds. The maximum Gasteiger partial charge on any atom is 0.229 e. The van der Waals surface area contributed by atoms with Gasteiger partial charge >= 0.3 is 0 Å². The van der Waals surface area contributed by atoms with Crippen LogP contribution < -0.4 is 10.2 Å². The van der Waals surface area contributed by atoms with Crippen molar-refractivity contribution in [1.29, 1.82) is 0 Å². The van der Waals surface area contributed by atoms with Gasteiger partial charge in [0.05, 0.1) is 21.7 Å². The molecular weight excluding hydrogens is 427 g/mol. The van der Waals surface area contributed by atoms with Crippen molar-refractivity contribution in [3.8, 4) is 0 Å². The van der Waals surface area contributed by atoms with Crippen LogP contribution in [0.3, 0.4) is 0 Å². The van der Waals surface area contributed by atoms with Gasteiger partial charge in [-0.15, -0.1) is 0 Å². The standard InChI is InChI=1S/C18H15BrCl2N2O2/c1-10-14(7-6-12(19)17(10)21)22-18(25)11-8-16(24)23(9-11)15-5-3-2-4-13(15)20/h2-7,11H,8-9H2,1H3,(H,22,25)/t11-/m0/s1. The molecule has 0 radical (unpaired) electrons. The van der Waals surface area contributed by atoms with E-state index < -0.39 is 5.92 Å². The maximum atomic E-state index is 12.6. The average Bonchev–Trinajstić information content (AvgIpc) is 2.97. The van der Waals surface area contributed by atoms with Crippen LogP contribution in [-0.2, 0) is 9.59 Å². The van der Waals surface area contributed by atoms with Crippen LogP contribution in [0, 0.1) is 12.8 Å². The Labute approximate surface area is 164 Å². The van der Waals surface area contributed by atoms with Crippen molar-refractivity contribution in [2.75, 3.05) is 16.8 Å². The minimum Gasteiger partial charge on any atom is -0.325 e. The molecule has 1 saturated heterocycles. The zero-order chi connectivity index (χ0) is 18.1. The van der Waals surface area contributed by atoms with E-state index in [1.54, 1.807) is 35.2 Å². The maximum absolute atomic E-state index is 12.6. The van der Waals surface area contributed by atoms with Crippen LogP contribution in [0.1, 0.15) is 12.0 Å². The Balaban J connectivity index is 1.76. The highest BCUT2D eigenvalue weighted by atomic mass is 79.9. The lowest BCUT2D eigenvalue weighted by atomic mass is 10.1. The molecule has 1 atom stereocenters. The van der Waals surface area contributed by atoms with E-state index in [-0.39, 0.29) is 18.2 Å². The SMILES string of the molecule is Cc1c(NC(=O)[C@H]2CC(=O)N(c3ccccc3Cl)C2)ccc(Br)c1Cl. The summed E-state index contributed by atoms with van der Waals surface area (Å²) in [5, 5.41) is 3.92. The molecule has 7 heteroatoms. The first-order valence-corrected chi connectivity index (χ1v) is 9.23. The molecule has 0 aromatic heterocycles. The first kappa shape index (κ1) is 18.2. The molecular formula is C18H15BrCl2N2O2. The zero-order valence-corrected chi connectivity index (χ0v) is 16.5. The van der Waals surface area contributed by atoms with Crippen LogP contribution in [0.25, 0.3) is 0 Å². The summed E-state index contributed by atoms with van der Waals surface area (Å²) in [5.41, 5.74) is 2.05. The van der Waals surface area contributed by atoms with Gasteiger partial charge in [0, 0.05) is 23.1 Å². The largest absolute Gasteiger partial charge is 0.325 e. The second-order valence-corrected chi connectivity index (χ2v) is 7.52. The Morgan fingerprint density at radius 2 is 1.96 bits per heavy atom. The number of hydrogen-bond donors (Lipinski definition) is 1. The second-order valence-electron chi connectivity index (χ2n) is 5.88. The Hall–Kier alpha value is -1.56. The molecule has 2 aromatic carbocycles. The van der Waals surface area contributed by atoms with Gasteiger partial charge < -0.3 is 10.2 Å². The molecule has 0 spiro atoms. The fourth-order valence-corrected chi connectivity index (χ4v) is 3.64. The number of amides is 2. The molecule has 1 N–H and O–H groups in total. The van der Waals surface area contributed by atoms with Gasteiger partial charge in [-0.25, -0.2) is 0 Å². The number of hydrogen-bond acceptors (Lipinski definition) is 2. The fourth-order valence-electron chi connectivity index (χ4n) is 2.81. The van der Waals surface area contributed by atoms with Crippen molar-refractivity contribution >= 4 is 62.3 Å². The van der Waals surface area contributed by atoms with E-state index >= 15 is 0 Å². The Morgan fingerprint density at radius 3 is 2.68 bits per heavy atom. The molecule has 130 valence electrons. The highest BCUT2D eigenvalue weighted by Gasteiger charge is 2.36. The van der Waals surface area contributed by atoms with Crippen molar-refractivity contribution in [1.82, 2.24) is 0 Å². The van der Waals surface area contributed by atoms with Gasteiger partial charge in [-0.05, 0) is 52.7 Å². The van der Waals surface area contributed by atoms with E-state index in [1.807, 2.05) is 13.0 Å². The number of nitrogens with one attached hydrogen (secondary N) is 1. The summed E-state index contributed by atoms with van der Waals surface area (Å²) in [4.78, 5) is 26.5. The monoisotopic (exact) mass is 440 g/mol. The summed E-state index contributed by atoms with van der Waals surface area (Å²) in [6.07, 6.45) is 0.153. The van der Waals surface area contributed by atoms with Gasteiger partial charge in [0.15, 0.2) is 0 Å². The van der Waals surface area contributed by atoms with Gasteiger partial charge in [0.2, 0.25) is 11.8 Å². The van der Waals surface area contributed by atoms with Crippen LogP contribution in [-0.4, -0.2) is 18.4 Å². The topological polar surface area (TPSA) is 49.4 Å². The molecule has 0 aliphatic carbocycles. The second kappa shape index (κ2) is 7.36. The van der Waals surface area contributed by atoms with Crippen LogP contribution in [0.2, 0.25) is 10.0 Å². The number of carbonyl (C=O) groups is 2. The number of nitrogens with zero attached hydrogens (tertiary/aromatic N) is 1. The third kappa shape index (κ3) is 3.68. The number of halogens is 3. The quantitative estimate of drug-likeness (QED) is 0.723. The lowest BCUT2D eigenvalue weighted by Gasteiger charge is -2.18. The van der Waals surface area contributed by atoms with Crippen LogP contribution >= 0.6 is 39.1 Å². The molecule has 2 aromatic rings. The molecule has 4 nitrogen and oxygen atoms in total. The fraction of sp³-hybridized carbons (Fsp3) is 0.222. The summed E-state index contributed by atoms with van der Waals surface area (Å²) in [7, 11) is 0. The van der Waals surface area contributed by atoms with E-state index in [2.05, 4.69) is 21.2 Å². The molecule has 0 unspecified atom stereocenters. The summed E-state index contributed by atoms with van der Waals surface area (Å²) < 4.78 is 0.769. The molecule has 25 heavy (non-hydrogen) atoms. The number of anilines is 2. The van der Waals surface area contributed by atoms with E-state index in [1.165, 1.54) is 0 Å². The van der Waals surface area contributed by atoms with Crippen molar-refractivity contribution in [2.24, 2.45) is 5.92 Å². The molecule has 1 aliphatic heterocycles. The van der Waals surface area contributed by atoms with E-state index in [0.717, 1.165) is 10.0 Å². The van der Waals surface area contributed by atoms with Gasteiger partial charge in [0.1, 0.15) is 0 Å². The first-order valence-electron chi connectivity index (χ1n) is 7.69. The first-order chi connectivity index (χ1) is 11.9. The van der Waals surface area contributed by atoms with Crippen LogP contribution in [0.4, 0.5) is 11.4 Å². The lowest BCUT2D eigenvalue weighted by Crippen LogP contribution is -2.28. The zero-order valence-electron chi connectivity index (χ0n) is 13.4. The predicted octanol–water partition coefficient (Wildman–Crippen LogP) is 5.06. The van der Waals surface area contributed by atoms with Gasteiger partial charge in [0.25, 0.3) is 0 Å². The summed E-state index contributed by atoms with van der Waals surface area (Å²) in [6, 6.07) is 10.7. The minimum atomic E-state index is -0.439. The van der Waals surface area contributed by atoms with E-state index in [9.17, 15) is 9.59 Å². The molecule has 0 saturated carbocycles. The number of carbonyl (C=O) groups excluding carboxylic acids is 2. The summed E-state index contributed by atoms with van der Waals surface area (Å²) in [6.45, 7) is 2.14. The highest BCUT2D eigenvalue weighted by molar-refractivity contribution is 9.10. The number of rotatable bonds is 3. The predicted molar refractivity (Wildman–Crippen MR) is 104 cm³/mol. The average molecular weight is 442 g/mol. The third-order valence-corrected chi connectivity index (χ3v) is 5.93. The Morgan fingerprint density at radius 1 is 1.24 bits per heavy atom. The van der Waals surface area contributed by atoms with Gasteiger partial charge in [-0.2, -0.15) is 0 Å². The minimum absolute atomic E-state index is 0.112. The van der Waals surface area contributed by atoms with Crippen molar-refractivity contribution < 1.29 is 9.59 Å². The smallest absolute Gasteiger partial charge is 0.229 e. The molecule has 0 bridgehead atoms. The number of para-hydroxylation sites is 1. The molecule has 3 rings (SSSR count). The summed E-state index contributed by atoms with van der Waals surface area (Å²) >= 11 is 15.7. The normalized spacial score (nSPS) is 17.0. The Kier molecular flexibility index (Phi) is 5.37. The van der Waals surface area contributed by atoms with E-state index in [4.69, 9.17) is 23.2 Å². The van der Waals surface area contributed by atoms with Gasteiger partial charge in [-0.1, -0.05) is 35.3 Å². The van der Waals surface area contributed by atoms with Crippen molar-refractivity contribution in [3.05, 3.63) is 56.5 Å².